The minimum atomic E-state index is -7.12. The van der Waals surface area contributed by atoms with Crippen LogP contribution < -0.4 is 10.1 Å². The fourth-order valence-corrected chi connectivity index (χ4v) is 4.53. The molecule has 1 aliphatic rings. The predicted molar refractivity (Wildman–Crippen MR) is 145 cm³/mol. The quantitative estimate of drug-likeness (QED) is 0.196. The molecule has 2 aromatic rings. The Morgan fingerprint density at radius 1 is 0.891 bits per heavy atom. The molecule has 2 amide bonds. The Morgan fingerprint density at radius 2 is 1.52 bits per heavy atom. The van der Waals surface area contributed by atoms with Gasteiger partial charge in [0.1, 0.15) is 12.4 Å². The van der Waals surface area contributed by atoms with Gasteiger partial charge in [-0.3, -0.25) is 0 Å². The zero-order valence-electron chi connectivity index (χ0n) is 24.3. The van der Waals surface area contributed by atoms with E-state index >= 15 is 0 Å². The first-order chi connectivity index (χ1) is 21.4. The number of nitrogens with zero attached hydrogens (tertiary/aromatic N) is 1. The van der Waals surface area contributed by atoms with Gasteiger partial charge in [0, 0.05) is 25.3 Å². The highest BCUT2D eigenvalue weighted by Gasteiger charge is 2.82. The molecule has 0 saturated carbocycles. The molecule has 1 atom stereocenters. The average Bonchev–Trinajstić information content (AvgIpc) is 3.44. The van der Waals surface area contributed by atoms with E-state index in [9.17, 15) is 54.2 Å². The largest absolute Gasteiger partial charge is 0.492 e. The first kappa shape index (κ1) is 36.7. The molecule has 2 aromatic carbocycles. The molecule has 1 unspecified atom stereocenters. The second-order valence-electron chi connectivity index (χ2n) is 10.2. The number of hydrogen-bond acceptors (Lipinski definition) is 5. The Hall–Kier alpha value is -3.73. The summed E-state index contributed by atoms with van der Waals surface area (Å²) in [4.78, 5) is 25.1. The van der Waals surface area contributed by atoms with Crippen molar-refractivity contribution in [3.63, 3.8) is 0 Å². The first-order valence-corrected chi connectivity index (χ1v) is 14.0. The topological polar surface area (TPSA) is 97.3 Å². The Balaban J connectivity index is 1.67. The average molecular weight is 675 g/mol. The van der Waals surface area contributed by atoms with E-state index in [1.807, 2.05) is 0 Å². The highest BCUT2D eigenvalue weighted by Crippen LogP contribution is 2.53. The van der Waals surface area contributed by atoms with E-state index in [1.54, 1.807) is 37.3 Å². The smallest absolute Gasteiger partial charge is 0.460 e. The normalized spacial score (nSPS) is 14.5. The monoisotopic (exact) mass is 674 g/mol. The fraction of sp³-hybridized carbons (Fsp3) is 0.517. The van der Waals surface area contributed by atoms with Gasteiger partial charge >= 0.3 is 36.1 Å². The van der Waals surface area contributed by atoms with Crippen molar-refractivity contribution in [2.45, 2.75) is 62.8 Å². The summed E-state index contributed by atoms with van der Waals surface area (Å²) in [6.45, 7) is -1.37. The van der Waals surface area contributed by atoms with E-state index in [0.717, 1.165) is 35.3 Å². The number of alkyl halides is 9. The van der Waals surface area contributed by atoms with Crippen LogP contribution in [-0.4, -0.2) is 85.2 Å². The SMILES string of the molecule is CCOC(Cc1ccc(OCCN(CCOC(F)(F)C(F)(F)C(F)(F)C(F)(F)F)C(=O)Nc2ccc3c(c2)CCC3)cc1)C(=O)O. The number of halogens is 9. The van der Waals surface area contributed by atoms with Crippen molar-refractivity contribution in [3.05, 3.63) is 59.2 Å². The summed E-state index contributed by atoms with van der Waals surface area (Å²) < 4.78 is 133. The summed E-state index contributed by atoms with van der Waals surface area (Å²) in [5, 5.41) is 11.7. The number of hydrogen-bond donors (Lipinski definition) is 2. The Morgan fingerprint density at radius 3 is 2.13 bits per heavy atom. The lowest BCUT2D eigenvalue weighted by atomic mass is 10.1. The predicted octanol–water partition coefficient (Wildman–Crippen LogP) is 6.56. The number of fused-ring (bicyclic) bond motifs is 1. The second kappa shape index (κ2) is 14.8. The van der Waals surface area contributed by atoms with Crippen molar-refractivity contribution in [3.8, 4) is 5.75 Å². The second-order valence-corrected chi connectivity index (χ2v) is 10.2. The number of aryl methyl sites for hydroxylation is 2. The number of amides is 2. The summed E-state index contributed by atoms with van der Waals surface area (Å²) in [5.74, 6) is -15.0. The van der Waals surface area contributed by atoms with Crippen molar-refractivity contribution in [2.24, 2.45) is 0 Å². The van der Waals surface area contributed by atoms with Gasteiger partial charge in [0.05, 0.1) is 13.2 Å². The molecule has 0 aromatic heterocycles. The Labute approximate surface area is 257 Å². The molecule has 46 heavy (non-hydrogen) atoms. The molecular formula is C29H31F9N2O6. The van der Waals surface area contributed by atoms with Gasteiger partial charge in [-0.1, -0.05) is 18.2 Å². The third-order valence-electron chi connectivity index (χ3n) is 7.02. The lowest BCUT2D eigenvalue weighted by Gasteiger charge is -2.33. The highest BCUT2D eigenvalue weighted by atomic mass is 19.4. The van der Waals surface area contributed by atoms with Crippen molar-refractivity contribution in [1.82, 2.24) is 4.90 Å². The van der Waals surface area contributed by atoms with Crippen LogP contribution in [0.3, 0.4) is 0 Å². The number of carbonyl (C=O) groups is 2. The molecule has 0 bridgehead atoms. The molecule has 3 rings (SSSR count). The van der Waals surface area contributed by atoms with Gasteiger partial charge in [-0.25, -0.2) is 9.59 Å². The summed E-state index contributed by atoms with van der Waals surface area (Å²) in [7, 11) is 0. The number of aliphatic carboxylic acids is 1. The van der Waals surface area contributed by atoms with Crippen LogP contribution in [0.4, 0.5) is 50.0 Å². The summed E-state index contributed by atoms with van der Waals surface area (Å²) >= 11 is 0. The van der Waals surface area contributed by atoms with Gasteiger partial charge in [0.15, 0.2) is 6.10 Å². The molecule has 8 nitrogen and oxygen atoms in total. The number of carboxylic acid groups (broad SMARTS) is 1. The molecular weight excluding hydrogens is 643 g/mol. The molecule has 0 saturated heterocycles. The van der Waals surface area contributed by atoms with Crippen LogP contribution in [0.25, 0.3) is 0 Å². The third-order valence-corrected chi connectivity index (χ3v) is 7.02. The van der Waals surface area contributed by atoms with Crippen LogP contribution >= 0.6 is 0 Å². The van der Waals surface area contributed by atoms with Crippen LogP contribution in [0.5, 0.6) is 5.75 Å². The number of benzene rings is 2. The van der Waals surface area contributed by atoms with E-state index in [1.165, 1.54) is 12.1 Å². The maximum atomic E-state index is 13.9. The maximum absolute atomic E-state index is 13.9. The van der Waals surface area contributed by atoms with Crippen LogP contribution in [0.2, 0.25) is 0 Å². The third kappa shape index (κ3) is 8.74. The summed E-state index contributed by atoms with van der Waals surface area (Å²) in [6, 6.07) is 10.1. The van der Waals surface area contributed by atoms with E-state index in [0.29, 0.717) is 11.3 Å². The number of urea groups is 1. The van der Waals surface area contributed by atoms with Gasteiger partial charge in [-0.2, -0.15) is 39.5 Å². The zero-order chi connectivity index (χ0) is 34.3. The minimum Gasteiger partial charge on any atom is -0.492 e. The van der Waals surface area contributed by atoms with Crippen molar-refractivity contribution in [1.29, 1.82) is 0 Å². The molecule has 0 fully saturated rings. The number of rotatable bonds is 16. The molecule has 256 valence electrons. The first-order valence-electron chi connectivity index (χ1n) is 14.0. The number of ether oxygens (including phenoxy) is 3. The highest BCUT2D eigenvalue weighted by molar-refractivity contribution is 5.89. The molecule has 0 radical (unpaired) electrons. The van der Waals surface area contributed by atoms with Crippen molar-refractivity contribution < 1.29 is 68.4 Å². The van der Waals surface area contributed by atoms with Gasteiger partial charge < -0.3 is 29.5 Å². The fourth-order valence-electron chi connectivity index (χ4n) is 4.53. The molecule has 2 N–H and O–H groups in total. The van der Waals surface area contributed by atoms with Crippen molar-refractivity contribution >= 4 is 17.7 Å². The molecule has 0 heterocycles. The number of carbonyl (C=O) groups excluding carboxylic acids is 1. The molecule has 0 aliphatic heterocycles. The van der Waals surface area contributed by atoms with Crippen LogP contribution in [0.15, 0.2) is 42.5 Å². The lowest BCUT2D eigenvalue weighted by Crippen LogP contribution is -2.62. The molecule has 0 spiro atoms. The van der Waals surface area contributed by atoms with E-state index in [4.69, 9.17) is 9.47 Å². The van der Waals surface area contributed by atoms with E-state index in [-0.39, 0.29) is 25.4 Å². The van der Waals surface area contributed by atoms with E-state index < -0.39 is 61.9 Å². The molecule has 17 heteroatoms. The Kier molecular flexibility index (Phi) is 11.8. The number of carboxylic acids is 1. The minimum absolute atomic E-state index is 0.0542. The summed E-state index contributed by atoms with van der Waals surface area (Å²) in [5.41, 5.74) is 2.93. The standard InChI is InChI=1S/C29H31F9N2O6/c1-2-44-23(24(41)42)16-18-6-10-22(11-7-18)45-14-12-40(25(43)39-21-9-8-19-4-3-5-20(19)17-21)13-15-46-29(37,38)27(32,33)26(30,31)28(34,35)36/h6-11,17,23H,2-5,12-16H2,1H3,(H,39,43)(H,41,42). The van der Waals surface area contributed by atoms with E-state index in [2.05, 4.69) is 10.1 Å². The van der Waals surface area contributed by atoms with Crippen molar-refractivity contribution in [2.75, 3.05) is 38.2 Å². The zero-order valence-corrected chi connectivity index (χ0v) is 24.3. The van der Waals surface area contributed by atoms with Gasteiger partial charge in [-0.05, 0) is 67.1 Å². The lowest BCUT2D eigenvalue weighted by molar-refractivity contribution is -0.443. The van der Waals surface area contributed by atoms with Gasteiger partial charge in [-0.15, -0.1) is 0 Å². The van der Waals surface area contributed by atoms with Gasteiger partial charge in [0.25, 0.3) is 0 Å². The summed E-state index contributed by atoms with van der Waals surface area (Å²) in [6.07, 6.45) is -11.8. The van der Waals surface area contributed by atoms with Crippen LogP contribution in [0.1, 0.15) is 30.0 Å². The van der Waals surface area contributed by atoms with Gasteiger partial charge in [0.2, 0.25) is 0 Å². The van der Waals surface area contributed by atoms with Crippen LogP contribution in [-0.2, 0) is 33.5 Å². The Bertz CT molecular complexity index is 1340. The molecule has 1 aliphatic carbocycles. The number of nitrogens with one attached hydrogen (secondary N) is 1. The number of anilines is 1. The maximum Gasteiger partial charge on any atom is 0.460 e. The van der Waals surface area contributed by atoms with Crippen LogP contribution in [0, 0.1) is 0 Å².